The summed E-state index contributed by atoms with van der Waals surface area (Å²) >= 11 is 0. The number of ether oxygens (including phenoxy) is 1. The van der Waals surface area contributed by atoms with Gasteiger partial charge in [-0.3, -0.25) is 0 Å². The molecule has 1 heterocycles. The summed E-state index contributed by atoms with van der Waals surface area (Å²) in [6.07, 6.45) is 3.92. The Morgan fingerprint density at radius 3 is 2.38 bits per heavy atom. The summed E-state index contributed by atoms with van der Waals surface area (Å²) in [5.41, 5.74) is 2.81. The molecule has 0 saturated carbocycles. The lowest BCUT2D eigenvalue weighted by molar-refractivity contribution is 0.237. The molecule has 0 amide bonds. The van der Waals surface area contributed by atoms with Gasteiger partial charge < -0.3 is 25.2 Å². The van der Waals surface area contributed by atoms with Crippen LogP contribution in [0.3, 0.4) is 0 Å². The van der Waals surface area contributed by atoms with Crippen LogP contribution in [0.2, 0.25) is 0 Å². The number of para-hydroxylation sites is 2. The fraction of sp³-hybridized carbons (Fsp3) is 0.241. The first-order valence-electron chi connectivity index (χ1n) is 12.0. The standard InChI is InChI=1S/C29H30N2O3/c32-23-11-8-21(9-12-23)25-14-10-22-20-24(33)13-15-26(22)29(25)34-28-7-3-2-6-27(28)30-16-19-31-17-4-1-5-18-31/h2-3,6-15,20,30,32-33H,1,4-5,16-19H2. The number of fused-ring (bicyclic) bond motifs is 1. The molecule has 3 N–H and O–H groups in total. The molecule has 0 aliphatic carbocycles. The highest BCUT2D eigenvalue weighted by Crippen LogP contribution is 2.42. The molecule has 5 heteroatoms. The Hall–Kier alpha value is -3.70. The second-order valence-corrected chi connectivity index (χ2v) is 8.82. The Morgan fingerprint density at radius 2 is 1.56 bits per heavy atom. The van der Waals surface area contributed by atoms with Gasteiger partial charge in [0.15, 0.2) is 5.75 Å². The minimum absolute atomic E-state index is 0.218. The van der Waals surface area contributed by atoms with Gasteiger partial charge in [0.05, 0.1) is 5.69 Å². The van der Waals surface area contributed by atoms with Crippen molar-refractivity contribution in [3.8, 4) is 34.1 Å². The predicted octanol–water partition coefficient (Wildman–Crippen LogP) is 6.61. The number of piperidine rings is 1. The van der Waals surface area contributed by atoms with Gasteiger partial charge in [-0.1, -0.05) is 36.8 Å². The normalized spacial score (nSPS) is 14.2. The van der Waals surface area contributed by atoms with E-state index in [-0.39, 0.29) is 11.5 Å². The van der Waals surface area contributed by atoms with Crippen molar-refractivity contribution in [3.63, 3.8) is 0 Å². The van der Waals surface area contributed by atoms with Gasteiger partial charge in [0.2, 0.25) is 0 Å². The van der Waals surface area contributed by atoms with Crippen molar-refractivity contribution in [2.45, 2.75) is 19.3 Å². The fourth-order valence-electron chi connectivity index (χ4n) is 4.61. The van der Waals surface area contributed by atoms with Gasteiger partial charge in [0.25, 0.3) is 0 Å². The van der Waals surface area contributed by atoms with Crippen molar-refractivity contribution < 1.29 is 14.9 Å². The second kappa shape index (κ2) is 10.1. The lowest BCUT2D eigenvalue weighted by Gasteiger charge is -2.26. The molecule has 0 bridgehead atoms. The highest BCUT2D eigenvalue weighted by atomic mass is 16.5. The molecule has 174 valence electrons. The fourth-order valence-corrected chi connectivity index (χ4v) is 4.61. The number of anilines is 1. The van der Waals surface area contributed by atoms with Crippen molar-refractivity contribution in [1.29, 1.82) is 0 Å². The number of benzene rings is 4. The lowest BCUT2D eigenvalue weighted by atomic mass is 9.99. The Kier molecular flexibility index (Phi) is 6.54. The van der Waals surface area contributed by atoms with Crippen LogP contribution < -0.4 is 10.1 Å². The molecule has 0 aromatic heterocycles. The molecule has 1 fully saturated rings. The van der Waals surface area contributed by atoms with E-state index >= 15 is 0 Å². The van der Waals surface area contributed by atoms with E-state index < -0.39 is 0 Å². The maximum Gasteiger partial charge on any atom is 0.150 e. The molecule has 34 heavy (non-hydrogen) atoms. The van der Waals surface area contributed by atoms with Crippen molar-refractivity contribution in [1.82, 2.24) is 4.90 Å². The lowest BCUT2D eigenvalue weighted by Crippen LogP contribution is -2.33. The van der Waals surface area contributed by atoms with Crippen LogP contribution in [0.4, 0.5) is 5.69 Å². The monoisotopic (exact) mass is 454 g/mol. The molecule has 0 atom stereocenters. The van der Waals surface area contributed by atoms with E-state index in [1.54, 1.807) is 24.3 Å². The summed E-state index contributed by atoms with van der Waals surface area (Å²) in [6.45, 7) is 4.23. The van der Waals surface area contributed by atoms with E-state index in [2.05, 4.69) is 10.2 Å². The minimum Gasteiger partial charge on any atom is -0.508 e. The zero-order valence-electron chi connectivity index (χ0n) is 19.2. The number of nitrogens with one attached hydrogen (secondary N) is 1. The summed E-state index contributed by atoms with van der Waals surface area (Å²) < 4.78 is 6.60. The third kappa shape index (κ3) is 4.95. The molecule has 5 nitrogen and oxygen atoms in total. The van der Waals surface area contributed by atoms with E-state index in [4.69, 9.17) is 4.74 Å². The SMILES string of the molecule is Oc1ccc(-c2ccc3cc(O)ccc3c2Oc2ccccc2NCCN2CCCCC2)cc1. The van der Waals surface area contributed by atoms with Crippen LogP contribution in [0.1, 0.15) is 19.3 Å². The smallest absolute Gasteiger partial charge is 0.150 e. The first kappa shape index (κ1) is 22.1. The first-order valence-corrected chi connectivity index (χ1v) is 12.0. The summed E-state index contributed by atoms with van der Waals surface area (Å²) in [7, 11) is 0. The quantitative estimate of drug-likeness (QED) is 0.293. The number of hydrogen-bond donors (Lipinski definition) is 3. The molecule has 4 aromatic carbocycles. The van der Waals surface area contributed by atoms with Crippen LogP contribution in [-0.2, 0) is 0 Å². The van der Waals surface area contributed by atoms with Crippen molar-refractivity contribution >= 4 is 16.5 Å². The molecule has 0 unspecified atom stereocenters. The van der Waals surface area contributed by atoms with Crippen LogP contribution in [0.25, 0.3) is 21.9 Å². The number of hydrogen-bond acceptors (Lipinski definition) is 5. The maximum absolute atomic E-state index is 9.99. The van der Waals surface area contributed by atoms with Crippen molar-refractivity contribution in [2.75, 3.05) is 31.5 Å². The molecular weight excluding hydrogens is 424 g/mol. The highest BCUT2D eigenvalue weighted by Gasteiger charge is 2.15. The van der Waals surface area contributed by atoms with Gasteiger partial charge >= 0.3 is 0 Å². The number of phenols is 2. The maximum atomic E-state index is 9.99. The largest absolute Gasteiger partial charge is 0.508 e. The van der Waals surface area contributed by atoms with Gasteiger partial charge in [-0.15, -0.1) is 0 Å². The molecule has 0 spiro atoms. The summed E-state index contributed by atoms with van der Waals surface area (Å²) in [4.78, 5) is 2.51. The van der Waals surface area contributed by atoms with Gasteiger partial charge in [0, 0.05) is 24.0 Å². The van der Waals surface area contributed by atoms with Crippen LogP contribution in [0, 0.1) is 0 Å². The third-order valence-corrected chi connectivity index (χ3v) is 6.42. The molecule has 1 aliphatic heterocycles. The number of rotatable bonds is 7. The van der Waals surface area contributed by atoms with E-state index in [9.17, 15) is 10.2 Å². The molecule has 1 aliphatic rings. The van der Waals surface area contributed by atoms with Crippen LogP contribution >= 0.6 is 0 Å². The Balaban J connectivity index is 1.47. The number of aromatic hydroxyl groups is 2. The van der Waals surface area contributed by atoms with Gasteiger partial charge in [-0.05, 0) is 85.4 Å². The van der Waals surface area contributed by atoms with Gasteiger partial charge in [-0.25, -0.2) is 0 Å². The van der Waals surface area contributed by atoms with Crippen LogP contribution in [0.15, 0.2) is 78.9 Å². The summed E-state index contributed by atoms with van der Waals surface area (Å²) in [6, 6.07) is 24.4. The average molecular weight is 455 g/mol. The van der Waals surface area contributed by atoms with Gasteiger partial charge in [-0.2, -0.15) is 0 Å². The molecule has 4 aromatic rings. The van der Waals surface area contributed by atoms with E-state index in [0.717, 1.165) is 46.4 Å². The Bertz CT molecular complexity index is 1260. The first-order chi connectivity index (χ1) is 16.7. The summed E-state index contributed by atoms with van der Waals surface area (Å²) in [5.74, 6) is 1.91. The highest BCUT2D eigenvalue weighted by molar-refractivity contribution is 5.96. The zero-order valence-corrected chi connectivity index (χ0v) is 19.2. The van der Waals surface area contributed by atoms with Crippen molar-refractivity contribution in [3.05, 3.63) is 78.9 Å². The predicted molar refractivity (Wildman–Crippen MR) is 138 cm³/mol. The molecule has 5 rings (SSSR count). The zero-order chi connectivity index (χ0) is 23.3. The molecular formula is C29H30N2O3. The van der Waals surface area contributed by atoms with Crippen LogP contribution in [-0.4, -0.2) is 41.3 Å². The van der Waals surface area contributed by atoms with E-state index in [1.165, 1.54) is 32.4 Å². The Morgan fingerprint density at radius 1 is 0.794 bits per heavy atom. The third-order valence-electron chi connectivity index (χ3n) is 6.42. The van der Waals surface area contributed by atoms with E-state index in [0.29, 0.717) is 5.75 Å². The topological polar surface area (TPSA) is 65.0 Å². The average Bonchev–Trinajstić information content (AvgIpc) is 2.86. The minimum atomic E-state index is 0.218. The van der Waals surface area contributed by atoms with Crippen molar-refractivity contribution in [2.24, 2.45) is 0 Å². The van der Waals surface area contributed by atoms with Gasteiger partial charge in [0.1, 0.15) is 17.2 Å². The number of phenolic OH excluding ortho intramolecular Hbond substituents is 2. The number of likely N-dealkylation sites (tertiary alicyclic amines) is 1. The van der Waals surface area contributed by atoms with E-state index in [1.807, 2.05) is 54.6 Å². The molecule has 0 radical (unpaired) electrons. The number of nitrogens with zero attached hydrogens (tertiary/aromatic N) is 1. The van der Waals surface area contributed by atoms with Crippen LogP contribution in [0.5, 0.6) is 23.0 Å². The summed E-state index contributed by atoms with van der Waals surface area (Å²) in [5, 5.41) is 25.1. The second-order valence-electron chi connectivity index (χ2n) is 8.82. The Labute approximate surface area is 200 Å². The molecule has 1 saturated heterocycles.